The van der Waals surface area contributed by atoms with E-state index < -0.39 is 23.7 Å². The first kappa shape index (κ1) is 16.1. The van der Waals surface area contributed by atoms with E-state index in [0.29, 0.717) is 12.1 Å². The van der Waals surface area contributed by atoms with E-state index in [0.717, 1.165) is 6.07 Å². The van der Waals surface area contributed by atoms with Gasteiger partial charge in [0.1, 0.15) is 11.9 Å². The van der Waals surface area contributed by atoms with Crippen LogP contribution in [0.4, 0.5) is 17.6 Å². The zero-order valence-electron chi connectivity index (χ0n) is 10.3. The second-order valence-corrected chi connectivity index (χ2v) is 5.09. The van der Waals surface area contributed by atoms with Gasteiger partial charge < -0.3 is 5.11 Å². The molecule has 1 N–H and O–H groups in total. The number of aliphatic hydroxyl groups is 1. The van der Waals surface area contributed by atoms with Gasteiger partial charge in [-0.05, 0) is 29.8 Å². The number of benzene rings is 2. The van der Waals surface area contributed by atoms with Crippen LogP contribution in [0.3, 0.4) is 0 Å². The first-order valence-electron chi connectivity index (χ1n) is 5.70. The van der Waals surface area contributed by atoms with Crippen LogP contribution in [0, 0.1) is 5.82 Å². The Kier molecular flexibility index (Phi) is 4.46. The molecule has 0 fully saturated rings. The lowest BCUT2D eigenvalue weighted by molar-refractivity contribution is -0.140. The van der Waals surface area contributed by atoms with Gasteiger partial charge in [0.2, 0.25) is 0 Å². The van der Waals surface area contributed by atoms with E-state index >= 15 is 0 Å². The molecule has 2 aromatic rings. The second-order valence-electron chi connectivity index (χ2n) is 4.27. The maximum atomic E-state index is 13.2. The molecule has 0 heterocycles. The van der Waals surface area contributed by atoms with Gasteiger partial charge in [-0.25, -0.2) is 4.39 Å². The van der Waals surface area contributed by atoms with Crippen LogP contribution in [0.2, 0.25) is 10.0 Å². The van der Waals surface area contributed by atoms with E-state index in [1.54, 1.807) is 0 Å². The predicted molar refractivity (Wildman–Crippen MR) is 71.9 cm³/mol. The Hall–Kier alpha value is -1.30. The minimum absolute atomic E-state index is 0.0700. The van der Waals surface area contributed by atoms with Crippen LogP contribution in [-0.4, -0.2) is 5.11 Å². The zero-order chi connectivity index (χ0) is 15.8. The quantitative estimate of drug-likeness (QED) is 0.743. The summed E-state index contributed by atoms with van der Waals surface area (Å²) in [4.78, 5) is 0. The van der Waals surface area contributed by atoms with Crippen molar-refractivity contribution in [1.29, 1.82) is 0 Å². The fourth-order valence-electron chi connectivity index (χ4n) is 1.87. The molecule has 0 radical (unpaired) electrons. The first-order valence-corrected chi connectivity index (χ1v) is 6.46. The lowest BCUT2D eigenvalue weighted by Gasteiger charge is -2.17. The number of alkyl halides is 3. The molecule has 2 aromatic carbocycles. The summed E-state index contributed by atoms with van der Waals surface area (Å²) >= 11 is 11.8. The van der Waals surface area contributed by atoms with E-state index in [-0.39, 0.29) is 21.2 Å². The fraction of sp³-hybridized carbons (Fsp3) is 0.143. The Balaban J connectivity index is 2.52. The second kappa shape index (κ2) is 5.83. The summed E-state index contributed by atoms with van der Waals surface area (Å²) in [7, 11) is 0. The summed E-state index contributed by atoms with van der Waals surface area (Å²) in [6.07, 6.45) is -6.35. The van der Waals surface area contributed by atoms with E-state index in [9.17, 15) is 22.7 Å². The van der Waals surface area contributed by atoms with Gasteiger partial charge >= 0.3 is 6.18 Å². The molecule has 112 valence electrons. The maximum absolute atomic E-state index is 13.2. The van der Waals surface area contributed by atoms with Gasteiger partial charge in [-0.3, -0.25) is 0 Å². The highest BCUT2D eigenvalue weighted by Gasteiger charge is 2.35. The summed E-state index contributed by atoms with van der Waals surface area (Å²) in [5.41, 5.74) is -1.54. The van der Waals surface area contributed by atoms with Crippen molar-refractivity contribution in [2.45, 2.75) is 12.3 Å². The number of aliphatic hydroxyl groups excluding tert-OH is 1. The molecule has 0 amide bonds. The van der Waals surface area contributed by atoms with Crippen LogP contribution >= 0.6 is 23.2 Å². The lowest BCUT2D eigenvalue weighted by atomic mass is 9.99. The molecule has 0 bridgehead atoms. The van der Waals surface area contributed by atoms with Crippen LogP contribution in [0.15, 0.2) is 36.4 Å². The van der Waals surface area contributed by atoms with Gasteiger partial charge in [0, 0.05) is 15.6 Å². The molecule has 0 saturated heterocycles. The van der Waals surface area contributed by atoms with Crippen molar-refractivity contribution in [3.05, 3.63) is 69.0 Å². The van der Waals surface area contributed by atoms with E-state index in [1.165, 1.54) is 18.2 Å². The minimum Gasteiger partial charge on any atom is -0.384 e. The fourth-order valence-corrected chi connectivity index (χ4v) is 2.47. The molecule has 21 heavy (non-hydrogen) atoms. The highest BCUT2D eigenvalue weighted by molar-refractivity contribution is 6.36. The van der Waals surface area contributed by atoms with Crippen LogP contribution in [0.25, 0.3) is 0 Å². The van der Waals surface area contributed by atoms with Gasteiger partial charge in [-0.1, -0.05) is 35.3 Å². The van der Waals surface area contributed by atoms with Crippen molar-refractivity contribution in [2.24, 2.45) is 0 Å². The molecule has 1 atom stereocenters. The van der Waals surface area contributed by atoms with Crippen molar-refractivity contribution in [1.82, 2.24) is 0 Å². The molecule has 0 spiro atoms. The zero-order valence-corrected chi connectivity index (χ0v) is 11.8. The number of hydrogen-bond acceptors (Lipinski definition) is 1. The highest BCUT2D eigenvalue weighted by Crippen LogP contribution is 2.37. The first-order chi connectivity index (χ1) is 9.71. The molecule has 0 aliphatic rings. The van der Waals surface area contributed by atoms with Crippen LogP contribution in [0.5, 0.6) is 0 Å². The normalized spacial score (nSPS) is 13.3. The van der Waals surface area contributed by atoms with Gasteiger partial charge in [0.05, 0.1) is 5.56 Å². The van der Waals surface area contributed by atoms with Crippen molar-refractivity contribution in [3.8, 4) is 0 Å². The average Bonchev–Trinajstić information content (AvgIpc) is 2.37. The third-order valence-electron chi connectivity index (χ3n) is 2.88. The molecular weight excluding hydrogens is 331 g/mol. The topological polar surface area (TPSA) is 20.2 Å². The summed E-state index contributed by atoms with van der Waals surface area (Å²) in [5, 5.41) is 10.4. The van der Waals surface area contributed by atoms with Crippen LogP contribution in [0.1, 0.15) is 22.8 Å². The van der Waals surface area contributed by atoms with Crippen molar-refractivity contribution >= 4 is 23.2 Å². The number of hydrogen-bond donors (Lipinski definition) is 1. The maximum Gasteiger partial charge on any atom is 0.419 e. The van der Waals surface area contributed by atoms with E-state index in [4.69, 9.17) is 23.2 Å². The standard InChI is InChI=1S/C14H8Cl2F4O/c15-9-2-1-3-10(16)12(9)13(21)7-4-5-11(17)8(6-7)14(18,19)20/h1-6,13,21H. The molecule has 0 aliphatic carbocycles. The molecule has 2 rings (SSSR count). The Morgan fingerprint density at radius 1 is 1.00 bits per heavy atom. The molecule has 0 saturated carbocycles. The van der Waals surface area contributed by atoms with Crippen molar-refractivity contribution in [3.63, 3.8) is 0 Å². The summed E-state index contributed by atoms with van der Waals surface area (Å²) in [5.74, 6) is -1.41. The molecule has 1 unspecified atom stereocenters. The van der Waals surface area contributed by atoms with Crippen LogP contribution in [-0.2, 0) is 6.18 Å². The third-order valence-corrected chi connectivity index (χ3v) is 3.54. The van der Waals surface area contributed by atoms with Gasteiger partial charge in [0.25, 0.3) is 0 Å². The Morgan fingerprint density at radius 3 is 2.10 bits per heavy atom. The molecule has 7 heteroatoms. The van der Waals surface area contributed by atoms with Crippen molar-refractivity contribution in [2.75, 3.05) is 0 Å². The summed E-state index contributed by atoms with van der Waals surface area (Å²) < 4.78 is 51.3. The Morgan fingerprint density at radius 2 is 1.57 bits per heavy atom. The Bertz CT molecular complexity index is 650. The molecule has 1 nitrogen and oxygen atoms in total. The smallest absolute Gasteiger partial charge is 0.384 e. The van der Waals surface area contributed by atoms with E-state index in [1.807, 2.05) is 0 Å². The van der Waals surface area contributed by atoms with Gasteiger partial charge in [-0.15, -0.1) is 0 Å². The monoisotopic (exact) mass is 338 g/mol. The predicted octanol–water partition coefficient (Wildman–Crippen LogP) is 5.23. The lowest BCUT2D eigenvalue weighted by Crippen LogP contribution is -2.10. The molecule has 0 aliphatic heterocycles. The Labute approximate surface area is 127 Å². The molecule has 0 aromatic heterocycles. The SMILES string of the molecule is OC(c1ccc(F)c(C(F)(F)F)c1)c1c(Cl)cccc1Cl. The highest BCUT2D eigenvalue weighted by atomic mass is 35.5. The van der Waals surface area contributed by atoms with Crippen LogP contribution < -0.4 is 0 Å². The number of rotatable bonds is 2. The molecular formula is C14H8Cl2F4O. The summed E-state index contributed by atoms with van der Waals surface area (Å²) in [6, 6.07) is 6.66. The largest absolute Gasteiger partial charge is 0.419 e. The van der Waals surface area contributed by atoms with E-state index in [2.05, 4.69) is 0 Å². The number of halogens is 6. The van der Waals surface area contributed by atoms with Gasteiger partial charge in [-0.2, -0.15) is 13.2 Å². The van der Waals surface area contributed by atoms with Crippen molar-refractivity contribution < 1.29 is 22.7 Å². The minimum atomic E-state index is -4.86. The summed E-state index contributed by atoms with van der Waals surface area (Å²) in [6.45, 7) is 0. The average molecular weight is 339 g/mol. The van der Waals surface area contributed by atoms with Gasteiger partial charge in [0.15, 0.2) is 0 Å². The third kappa shape index (κ3) is 3.31.